The van der Waals surface area contributed by atoms with E-state index in [-0.39, 0.29) is 5.82 Å². The van der Waals surface area contributed by atoms with Gasteiger partial charge in [-0.05, 0) is 36.4 Å². The van der Waals surface area contributed by atoms with E-state index in [2.05, 4.69) is 0 Å². The molecule has 4 aromatic rings. The van der Waals surface area contributed by atoms with Crippen LogP contribution in [-0.4, -0.2) is 13.2 Å². The summed E-state index contributed by atoms with van der Waals surface area (Å²) in [6.45, 7) is 0.833. The Labute approximate surface area is 147 Å². The maximum Gasteiger partial charge on any atom is 0.336 e. The fourth-order valence-electron chi connectivity index (χ4n) is 2.72. The maximum absolute atomic E-state index is 12.9. The molecule has 0 fully saturated rings. The normalized spacial score (nSPS) is 11.1. The van der Waals surface area contributed by atoms with Crippen molar-refractivity contribution in [2.24, 2.45) is 0 Å². The van der Waals surface area contributed by atoms with Crippen LogP contribution in [0, 0.1) is 5.82 Å². The van der Waals surface area contributed by atoms with Gasteiger partial charge in [0.05, 0.1) is 30.2 Å². The molecule has 6 heteroatoms. The quantitative estimate of drug-likeness (QED) is 0.376. The Hall–Kier alpha value is -3.28. The molecule has 0 spiro atoms. The minimum atomic E-state index is -0.429. The van der Waals surface area contributed by atoms with Crippen LogP contribution < -0.4 is 15.1 Å². The second kappa shape index (κ2) is 6.92. The molecule has 0 radical (unpaired) electrons. The zero-order valence-electron chi connectivity index (χ0n) is 13.7. The molecule has 0 saturated carbocycles. The molecule has 0 saturated heterocycles. The molecular formula is C20H15FO5. The lowest BCUT2D eigenvalue weighted by atomic mass is 10.1. The van der Waals surface area contributed by atoms with Gasteiger partial charge in [-0.15, -0.1) is 0 Å². The Kier molecular flexibility index (Phi) is 4.31. The third-order valence-corrected chi connectivity index (χ3v) is 3.93. The molecule has 26 heavy (non-hydrogen) atoms. The number of hydrogen-bond acceptors (Lipinski definition) is 5. The summed E-state index contributed by atoms with van der Waals surface area (Å²) in [5, 5.41) is 1.52. The Morgan fingerprint density at radius 3 is 2.50 bits per heavy atom. The first-order chi connectivity index (χ1) is 12.7. The monoisotopic (exact) mass is 354 g/mol. The topological polar surface area (TPSA) is 61.8 Å². The van der Waals surface area contributed by atoms with Crippen LogP contribution in [-0.2, 0) is 0 Å². The Bertz CT molecular complexity index is 1090. The summed E-state index contributed by atoms with van der Waals surface area (Å²) in [7, 11) is 0. The van der Waals surface area contributed by atoms with Gasteiger partial charge in [0.2, 0.25) is 0 Å². The van der Waals surface area contributed by atoms with Crippen molar-refractivity contribution in [3.63, 3.8) is 0 Å². The van der Waals surface area contributed by atoms with Crippen LogP contribution >= 0.6 is 0 Å². The smallest absolute Gasteiger partial charge is 0.336 e. The van der Waals surface area contributed by atoms with Crippen molar-refractivity contribution in [3.8, 4) is 11.5 Å². The molecule has 5 nitrogen and oxygen atoms in total. The number of halogens is 1. The van der Waals surface area contributed by atoms with E-state index in [0.29, 0.717) is 47.7 Å². The predicted molar refractivity (Wildman–Crippen MR) is 94.3 cm³/mol. The predicted octanol–water partition coefficient (Wildman–Crippen LogP) is 4.53. The summed E-state index contributed by atoms with van der Waals surface area (Å²) in [5.74, 6) is 0.916. The van der Waals surface area contributed by atoms with E-state index in [1.807, 2.05) is 6.07 Å². The average Bonchev–Trinajstić information content (AvgIpc) is 3.10. The van der Waals surface area contributed by atoms with Gasteiger partial charge in [-0.25, -0.2) is 9.18 Å². The Morgan fingerprint density at radius 2 is 1.65 bits per heavy atom. The van der Waals surface area contributed by atoms with E-state index >= 15 is 0 Å². The van der Waals surface area contributed by atoms with Gasteiger partial charge in [0.25, 0.3) is 0 Å². The van der Waals surface area contributed by atoms with E-state index in [0.717, 1.165) is 5.39 Å². The second-order valence-corrected chi connectivity index (χ2v) is 5.71. The Balaban J connectivity index is 1.46. The summed E-state index contributed by atoms with van der Waals surface area (Å²) < 4.78 is 35.0. The van der Waals surface area contributed by atoms with Gasteiger partial charge in [-0.2, -0.15) is 0 Å². The molecule has 0 atom stereocenters. The summed E-state index contributed by atoms with van der Waals surface area (Å²) in [4.78, 5) is 11.4. The minimum Gasteiger partial charge on any atom is -0.493 e. The van der Waals surface area contributed by atoms with E-state index in [1.54, 1.807) is 30.5 Å². The highest BCUT2D eigenvalue weighted by atomic mass is 19.1. The SMILES string of the molecule is O=c1ccc2c(OCCCOc3ccc(F)cc3)c3ccoc3cc2o1. The summed E-state index contributed by atoms with van der Waals surface area (Å²) in [6, 6.07) is 12.4. The first-order valence-corrected chi connectivity index (χ1v) is 8.16. The van der Waals surface area contributed by atoms with Crippen LogP contribution in [0.1, 0.15) is 6.42 Å². The number of fused-ring (bicyclic) bond motifs is 2. The van der Waals surface area contributed by atoms with Crippen LogP contribution in [0.5, 0.6) is 11.5 Å². The highest BCUT2D eigenvalue weighted by molar-refractivity contribution is 6.01. The van der Waals surface area contributed by atoms with Crippen molar-refractivity contribution in [2.45, 2.75) is 6.42 Å². The molecule has 132 valence electrons. The van der Waals surface area contributed by atoms with Gasteiger partial charge in [0, 0.05) is 18.6 Å². The van der Waals surface area contributed by atoms with Crippen molar-refractivity contribution in [2.75, 3.05) is 13.2 Å². The van der Waals surface area contributed by atoms with Crippen LogP contribution in [0.25, 0.3) is 21.9 Å². The lowest BCUT2D eigenvalue weighted by Gasteiger charge is -2.10. The number of rotatable bonds is 6. The number of benzene rings is 2. The molecule has 2 heterocycles. The van der Waals surface area contributed by atoms with Crippen LogP contribution in [0.4, 0.5) is 4.39 Å². The first-order valence-electron chi connectivity index (χ1n) is 8.16. The van der Waals surface area contributed by atoms with Crippen LogP contribution in [0.15, 0.2) is 68.4 Å². The molecule has 0 aliphatic heterocycles. The van der Waals surface area contributed by atoms with Crippen molar-refractivity contribution < 1.29 is 22.7 Å². The van der Waals surface area contributed by atoms with Gasteiger partial charge in [0.15, 0.2) is 0 Å². The third-order valence-electron chi connectivity index (χ3n) is 3.93. The zero-order chi connectivity index (χ0) is 17.9. The minimum absolute atomic E-state index is 0.299. The van der Waals surface area contributed by atoms with E-state index < -0.39 is 5.63 Å². The fraction of sp³-hybridized carbons (Fsp3) is 0.150. The average molecular weight is 354 g/mol. The van der Waals surface area contributed by atoms with Crippen molar-refractivity contribution in [3.05, 3.63) is 71.0 Å². The molecule has 0 bridgehead atoms. The highest BCUT2D eigenvalue weighted by Gasteiger charge is 2.13. The highest BCUT2D eigenvalue weighted by Crippen LogP contribution is 2.35. The standard InChI is InChI=1S/C20H15FO5/c21-13-2-4-14(5-3-13)23-9-1-10-25-20-15-6-7-19(22)26-18(15)12-17-16(20)8-11-24-17/h2-8,11-12H,1,9-10H2. The zero-order valence-corrected chi connectivity index (χ0v) is 13.7. The lowest BCUT2D eigenvalue weighted by molar-refractivity contribution is 0.250. The van der Waals surface area contributed by atoms with Crippen LogP contribution in [0.2, 0.25) is 0 Å². The molecule has 2 aromatic carbocycles. The number of furan rings is 1. The molecule has 0 unspecified atom stereocenters. The number of ether oxygens (including phenoxy) is 2. The van der Waals surface area contributed by atoms with Gasteiger partial charge in [-0.3, -0.25) is 0 Å². The molecule has 0 amide bonds. The van der Waals surface area contributed by atoms with Crippen molar-refractivity contribution in [1.29, 1.82) is 0 Å². The largest absolute Gasteiger partial charge is 0.493 e. The fourth-order valence-corrected chi connectivity index (χ4v) is 2.72. The Morgan fingerprint density at radius 1 is 0.885 bits per heavy atom. The maximum atomic E-state index is 12.9. The third kappa shape index (κ3) is 3.26. The van der Waals surface area contributed by atoms with Gasteiger partial charge in [0.1, 0.15) is 28.5 Å². The van der Waals surface area contributed by atoms with E-state index in [9.17, 15) is 9.18 Å². The van der Waals surface area contributed by atoms with Gasteiger partial charge < -0.3 is 18.3 Å². The summed E-state index contributed by atoms with van der Waals surface area (Å²) in [5.41, 5.74) is 0.573. The van der Waals surface area contributed by atoms with E-state index in [4.69, 9.17) is 18.3 Å². The van der Waals surface area contributed by atoms with Crippen molar-refractivity contribution >= 4 is 21.9 Å². The first kappa shape index (κ1) is 16.2. The van der Waals surface area contributed by atoms with Gasteiger partial charge in [-0.1, -0.05) is 0 Å². The second-order valence-electron chi connectivity index (χ2n) is 5.71. The molecule has 0 N–H and O–H groups in total. The summed E-state index contributed by atoms with van der Waals surface area (Å²) in [6.07, 6.45) is 2.19. The molecule has 2 aromatic heterocycles. The molecular weight excluding hydrogens is 339 g/mol. The van der Waals surface area contributed by atoms with Crippen LogP contribution in [0.3, 0.4) is 0 Å². The lowest BCUT2D eigenvalue weighted by Crippen LogP contribution is -2.06. The van der Waals surface area contributed by atoms with Crippen molar-refractivity contribution in [1.82, 2.24) is 0 Å². The molecule has 4 rings (SSSR count). The van der Waals surface area contributed by atoms with Gasteiger partial charge >= 0.3 is 5.63 Å². The van der Waals surface area contributed by atoms with E-state index in [1.165, 1.54) is 18.2 Å². The summed E-state index contributed by atoms with van der Waals surface area (Å²) >= 11 is 0. The number of hydrogen-bond donors (Lipinski definition) is 0. The molecule has 0 aliphatic carbocycles. The molecule has 0 aliphatic rings.